The smallest absolute Gasteiger partial charge is 0.327 e. The van der Waals surface area contributed by atoms with Crippen LogP contribution in [0.2, 0.25) is 0 Å². The highest BCUT2D eigenvalue weighted by Gasteiger charge is 2.47. The van der Waals surface area contributed by atoms with Crippen LogP contribution in [0.25, 0.3) is 5.69 Å². The molecule has 0 radical (unpaired) electrons. The normalized spacial score (nSPS) is 19.4. The van der Waals surface area contributed by atoms with Crippen LogP contribution < -0.4 is 5.56 Å². The molecule has 2 aromatic rings. The number of hydrogen-bond acceptors (Lipinski definition) is 5. The van der Waals surface area contributed by atoms with E-state index in [1.54, 1.807) is 29.7 Å². The van der Waals surface area contributed by atoms with E-state index in [1.165, 1.54) is 38.9 Å². The molecule has 0 spiro atoms. The number of rotatable bonds is 3. The SMILES string of the molecule is CCN1C(=O)C2CN(C(=O)c3ccc(=O)n(-c4cnn(C)c4)c3)CCN2C1=O. The zero-order chi connectivity index (χ0) is 20.0. The summed E-state index contributed by atoms with van der Waals surface area (Å²) in [6, 6.07) is 1.87. The van der Waals surface area contributed by atoms with Crippen LogP contribution in [-0.2, 0) is 11.8 Å². The largest absolute Gasteiger partial charge is 0.334 e. The molecule has 1 atom stereocenters. The van der Waals surface area contributed by atoms with Gasteiger partial charge in [-0.2, -0.15) is 5.10 Å². The van der Waals surface area contributed by atoms with Gasteiger partial charge in [-0.3, -0.25) is 28.5 Å². The fraction of sp³-hybridized carbons (Fsp3) is 0.389. The Hall–Kier alpha value is -3.43. The first-order valence-electron chi connectivity index (χ1n) is 9.03. The van der Waals surface area contributed by atoms with E-state index in [2.05, 4.69) is 5.10 Å². The molecular formula is C18H20N6O4. The van der Waals surface area contributed by atoms with Crippen molar-refractivity contribution in [1.82, 2.24) is 29.0 Å². The van der Waals surface area contributed by atoms with Crippen molar-refractivity contribution in [2.45, 2.75) is 13.0 Å². The minimum atomic E-state index is -0.644. The molecule has 4 amide bonds. The van der Waals surface area contributed by atoms with Gasteiger partial charge in [-0.25, -0.2) is 4.79 Å². The summed E-state index contributed by atoms with van der Waals surface area (Å²) in [6.45, 7) is 2.84. The van der Waals surface area contributed by atoms with Crippen molar-refractivity contribution >= 4 is 17.8 Å². The molecule has 4 rings (SSSR count). The molecule has 0 bridgehead atoms. The number of aryl methyl sites for hydroxylation is 1. The van der Waals surface area contributed by atoms with Gasteiger partial charge in [-0.05, 0) is 13.0 Å². The highest BCUT2D eigenvalue weighted by molar-refractivity contribution is 6.05. The van der Waals surface area contributed by atoms with Gasteiger partial charge in [0, 0.05) is 45.1 Å². The number of hydrogen-bond donors (Lipinski definition) is 0. The molecule has 2 aromatic heterocycles. The molecule has 10 nitrogen and oxygen atoms in total. The molecule has 2 fully saturated rings. The summed E-state index contributed by atoms with van der Waals surface area (Å²) in [4.78, 5) is 54.2. The predicted molar refractivity (Wildman–Crippen MR) is 98.0 cm³/mol. The van der Waals surface area contributed by atoms with Crippen molar-refractivity contribution in [3.63, 3.8) is 0 Å². The quantitative estimate of drug-likeness (QED) is 0.675. The van der Waals surface area contributed by atoms with Gasteiger partial charge in [-0.1, -0.05) is 0 Å². The Morgan fingerprint density at radius 3 is 2.64 bits per heavy atom. The maximum absolute atomic E-state index is 13.0. The Bertz CT molecular complexity index is 1030. The fourth-order valence-corrected chi connectivity index (χ4v) is 3.66. The Labute approximate surface area is 160 Å². The summed E-state index contributed by atoms with van der Waals surface area (Å²) in [5.41, 5.74) is 0.618. The van der Waals surface area contributed by atoms with Crippen molar-refractivity contribution in [3.05, 3.63) is 46.6 Å². The van der Waals surface area contributed by atoms with Crippen LogP contribution in [0.15, 0.2) is 35.5 Å². The molecule has 0 aromatic carbocycles. The minimum absolute atomic E-state index is 0.145. The molecule has 0 saturated carbocycles. The first kappa shape index (κ1) is 18.0. The second-order valence-corrected chi connectivity index (χ2v) is 6.82. The van der Waals surface area contributed by atoms with Gasteiger partial charge >= 0.3 is 6.03 Å². The van der Waals surface area contributed by atoms with Crippen molar-refractivity contribution in [2.24, 2.45) is 7.05 Å². The lowest BCUT2D eigenvalue weighted by Gasteiger charge is -2.35. The van der Waals surface area contributed by atoms with Crippen LogP contribution in [0.5, 0.6) is 0 Å². The van der Waals surface area contributed by atoms with E-state index in [4.69, 9.17) is 0 Å². The lowest BCUT2D eigenvalue weighted by molar-refractivity contribution is -0.129. The second kappa shape index (κ2) is 6.63. The summed E-state index contributed by atoms with van der Waals surface area (Å²) in [5, 5.41) is 4.05. The van der Waals surface area contributed by atoms with Gasteiger partial charge < -0.3 is 9.80 Å². The lowest BCUT2D eigenvalue weighted by atomic mass is 10.1. The third-order valence-corrected chi connectivity index (χ3v) is 5.14. The van der Waals surface area contributed by atoms with Crippen molar-refractivity contribution in [2.75, 3.05) is 26.2 Å². The summed E-state index contributed by atoms with van der Waals surface area (Å²) in [6.07, 6.45) is 4.70. The van der Waals surface area contributed by atoms with Gasteiger partial charge in [0.15, 0.2) is 0 Å². The topological polar surface area (TPSA) is 101 Å². The average molecular weight is 384 g/mol. The van der Waals surface area contributed by atoms with Crippen LogP contribution >= 0.6 is 0 Å². The molecular weight excluding hydrogens is 364 g/mol. The number of fused-ring (bicyclic) bond motifs is 1. The predicted octanol–water partition coefficient (Wildman–Crippen LogP) is -0.320. The molecule has 146 valence electrons. The van der Waals surface area contributed by atoms with Crippen LogP contribution in [-0.4, -0.2) is 79.1 Å². The Morgan fingerprint density at radius 2 is 1.96 bits per heavy atom. The van der Waals surface area contributed by atoms with Crippen LogP contribution in [0, 0.1) is 0 Å². The summed E-state index contributed by atoms with van der Waals surface area (Å²) in [5.74, 6) is -0.558. The van der Waals surface area contributed by atoms with Crippen molar-refractivity contribution in [3.8, 4) is 5.69 Å². The van der Waals surface area contributed by atoms with E-state index < -0.39 is 6.04 Å². The summed E-state index contributed by atoms with van der Waals surface area (Å²) < 4.78 is 2.93. The van der Waals surface area contributed by atoms with E-state index in [1.807, 2.05) is 0 Å². The zero-order valence-corrected chi connectivity index (χ0v) is 15.6. The van der Waals surface area contributed by atoms with Gasteiger partial charge in [0.2, 0.25) is 0 Å². The highest BCUT2D eigenvalue weighted by atomic mass is 16.2. The van der Waals surface area contributed by atoms with Gasteiger partial charge in [-0.15, -0.1) is 0 Å². The highest BCUT2D eigenvalue weighted by Crippen LogP contribution is 2.22. The summed E-state index contributed by atoms with van der Waals surface area (Å²) >= 11 is 0. The first-order valence-corrected chi connectivity index (χ1v) is 9.03. The number of piperazine rings is 1. The molecule has 10 heteroatoms. The Morgan fingerprint density at radius 1 is 1.18 bits per heavy atom. The molecule has 2 saturated heterocycles. The minimum Gasteiger partial charge on any atom is -0.334 e. The summed E-state index contributed by atoms with van der Waals surface area (Å²) in [7, 11) is 1.74. The molecule has 2 aliphatic heterocycles. The maximum atomic E-state index is 13.0. The number of likely N-dealkylation sites (N-methyl/N-ethyl adjacent to an activating group) is 1. The first-order chi connectivity index (χ1) is 13.4. The van der Waals surface area contributed by atoms with Gasteiger partial charge in [0.1, 0.15) is 6.04 Å². The Balaban J connectivity index is 1.58. The van der Waals surface area contributed by atoms with Gasteiger partial charge in [0.25, 0.3) is 17.4 Å². The van der Waals surface area contributed by atoms with E-state index in [-0.39, 0.29) is 29.9 Å². The number of aromatic nitrogens is 3. The molecule has 0 aliphatic carbocycles. The van der Waals surface area contributed by atoms with E-state index in [0.717, 1.165) is 0 Å². The van der Waals surface area contributed by atoms with Crippen LogP contribution in [0.3, 0.4) is 0 Å². The lowest BCUT2D eigenvalue weighted by Crippen LogP contribution is -2.54. The van der Waals surface area contributed by atoms with Crippen molar-refractivity contribution < 1.29 is 14.4 Å². The van der Waals surface area contributed by atoms with Crippen LogP contribution in [0.4, 0.5) is 4.79 Å². The molecule has 28 heavy (non-hydrogen) atoms. The molecule has 2 aliphatic rings. The van der Waals surface area contributed by atoms with E-state index in [0.29, 0.717) is 30.9 Å². The Kier molecular flexibility index (Phi) is 4.25. The fourth-order valence-electron chi connectivity index (χ4n) is 3.66. The molecule has 4 heterocycles. The number of carbonyl (C=O) groups excluding carboxylic acids is 3. The average Bonchev–Trinajstić information content (AvgIpc) is 3.23. The van der Waals surface area contributed by atoms with E-state index in [9.17, 15) is 19.2 Å². The van der Waals surface area contributed by atoms with Crippen molar-refractivity contribution in [1.29, 1.82) is 0 Å². The zero-order valence-electron chi connectivity index (χ0n) is 15.6. The monoisotopic (exact) mass is 384 g/mol. The number of urea groups is 1. The molecule has 0 N–H and O–H groups in total. The standard InChI is InChI=1S/C18H20N6O4/c1-3-22-17(27)14-11-21(6-7-23(14)18(22)28)16(26)12-4-5-15(25)24(9-12)13-8-19-20(2)10-13/h4-5,8-10,14H,3,6-7,11H2,1-2H3. The number of pyridine rings is 1. The number of carbonyl (C=O) groups is 3. The third kappa shape index (κ3) is 2.77. The van der Waals surface area contributed by atoms with Gasteiger partial charge in [0.05, 0.1) is 24.0 Å². The molecule has 1 unspecified atom stereocenters. The van der Waals surface area contributed by atoms with E-state index >= 15 is 0 Å². The number of amides is 4. The van der Waals surface area contributed by atoms with Crippen LogP contribution in [0.1, 0.15) is 17.3 Å². The second-order valence-electron chi connectivity index (χ2n) is 6.82. The number of nitrogens with zero attached hydrogens (tertiary/aromatic N) is 6. The number of imide groups is 1. The third-order valence-electron chi connectivity index (χ3n) is 5.14. The maximum Gasteiger partial charge on any atom is 0.327 e.